The van der Waals surface area contributed by atoms with Crippen molar-refractivity contribution in [2.45, 2.75) is 57.7 Å². The average Bonchev–Trinajstić information content (AvgIpc) is 2.88. The van der Waals surface area contributed by atoms with E-state index in [1.807, 2.05) is 13.8 Å². The minimum atomic E-state index is -0.650. The molecule has 0 atom stereocenters. The van der Waals surface area contributed by atoms with Crippen LogP contribution < -0.4 is 10.9 Å². The third kappa shape index (κ3) is 5.15. The van der Waals surface area contributed by atoms with Gasteiger partial charge in [-0.2, -0.15) is 4.98 Å². The minimum absolute atomic E-state index is 0.00490. The molecule has 4 aromatic rings. The highest BCUT2D eigenvalue weighted by atomic mass is 19.1. The largest absolute Gasteiger partial charge is 0.351 e. The van der Waals surface area contributed by atoms with Crippen molar-refractivity contribution in [3.63, 3.8) is 0 Å². The molecule has 1 N–H and O–H groups in total. The van der Waals surface area contributed by atoms with E-state index in [1.165, 1.54) is 30.5 Å². The summed E-state index contributed by atoms with van der Waals surface area (Å²) in [6, 6.07) is 10.1. The summed E-state index contributed by atoms with van der Waals surface area (Å²) in [6.45, 7) is 3.82. The SMILES string of the molecule is CC(C)n1c(=O)c(-c2cnc(-c3cc[c]c(F)c3)c(F)c2)cc2cnc(N[C@H]3CC[C@H](N(C)C)CC3)nc21. The van der Waals surface area contributed by atoms with Crippen molar-refractivity contribution in [1.82, 2.24) is 24.4 Å². The second kappa shape index (κ2) is 10.6. The first kappa shape index (κ1) is 25.9. The van der Waals surface area contributed by atoms with E-state index in [1.54, 1.807) is 16.8 Å². The van der Waals surface area contributed by atoms with Gasteiger partial charge in [-0.1, -0.05) is 12.1 Å². The quantitative estimate of drug-likeness (QED) is 0.366. The lowest BCUT2D eigenvalue weighted by Crippen LogP contribution is -2.36. The molecule has 1 saturated carbocycles. The lowest BCUT2D eigenvalue weighted by Gasteiger charge is -2.33. The molecule has 3 heterocycles. The molecule has 0 aliphatic heterocycles. The van der Waals surface area contributed by atoms with Crippen LogP contribution in [0.3, 0.4) is 0 Å². The highest BCUT2D eigenvalue weighted by molar-refractivity contribution is 5.82. The Morgan fingerprint density at radius 3 is 2.47 bits per heavy atom. The van der Waals surface area contributed by atoms with Gasteiger partial charge in [0, 0.05) is 58.7 Å². The van der Waals surface area contributed by atoms with E-state index in [4.69, 9.17) is 4.98 Å². The average molecular weight is 518 g/mol. The maximum Gasteiger partial charge on any atom is 0.260 e. The number of benzene rings is 1. The van der Waals surface area contributed by atoms with Crippen LogP contribution in [0.25, 0.3) is 33.4 Å². The molecule has 0 amide bonds. The molecule has 1 radical (unpaired) electrons. The molecule has 1 aromatic carbocycles. The highest BCUT2D eigenvalue weighted by Crippen LogP contribution is 2.28. The van der Waals surface area contributed by atoms with Crippen LogP contribution in [0.1, 0.15) is 45.6 Å². The summed E-state index contributed by atoms with van der Waals surface area (Å²) in [5.74, 6) is -0.752. The smallest absolute Gasteiger partial charge is 0.260 e. The van der Waals surface area contributed by atoms with Gasteiger partial charge in [-0.05, 0) is 71.8 Å². The van der Waals surface area contributed by atoms with Gasteiger partial charge in [0.2, 0.25) is 5.95 Å². The third-order valence-corrected chi connectivity index (χ3v) is 7.24. The predicted molar refractivity (Wildman–Crippen MR) is 145 cm³/mol. The van der Waals surface area contributed by atoms with Crippen molar-refractivity contribution < 1.29 is 8.78 Å². The second-order valence-corrected chi connectivity index (χ2v) is 10.4. The van der Waals surface area contributed by atoms with E-state index < -0.39 is 11.6 Å². The number of anilines is 1. The fraction of sp³-hybridized carbons (Fsp3) is 0.379. The molecule has 9 heteroatoms. The minimum Gasteiger partial charge on any atom is -0.351 e. The maximum atomic E-state index is 15.1. The van der Waals surface area contributed by atoms with Gasteiger partial charge in [-0.25, -0.2) is 13.8 Å². The van der Waals surface area contributed by atoms with Gasteiger partial charge in [0.25, 0.3) is 5.56 Å². The Labute approximate surface area is 220 Å². The Kier molecular flexibility index (Phi) is 7.21. The molecule has 197 valence electrons. The first-order chi connectivity index (χ1) is 18.2. The lowest BCUT2D eigenvalue weighted by atomic mass is 9.91. The van der Waals surface area contributed by atoms with Crippen molar-refractivity contribution in [2.75, 3.05) is 19.4 Å². The van der Waals surface area contributed by atoms with Crippen molar-refractivity contribution in [1.29, 1.82) is 0 Å². The normalized spacial score (nSPS) is 17.9. The van der Waals surface area contributed by atoms with Gasteiger partial charge in [0.15, 0.2) is 0 Å². The number of aromatic nitrogens is 4. The van der Waals surface area contributed by atoms with Gasteiger partial charge in [-0.15, -0.1) is 0 Å². The molecule has 7 nitrogen and oxygen atoms in total. The second-order valence-electron chi connectivity index (χ2n) is 10.4. The summed E-state index contributed by atoms with van der Waals surface area (Å²) in [4.78, 5) is 29.3. The lowest BCUT2D eigenvalue weighted by molar-refractivity contribution is 0.221. The first-order valence-corrected chi connectivity index (χ1v) is 12.9. The van der Waals surface area contributed by atoms with Crippen LogP contribution in [0, 0.1) is 17.7 Å². The molecule has 5 rings (SSSR count). The number of fused-ring (bicyclic) bond motifs is 1. The Morgan fingerprint density at radius 2 is 1.82 bits per heavy atom. The van der Waals surface area contributed by atoms with E-state index in [9.17, 15) is 9.18 Å². The van der Waals surface area contributed by atoms with Gasteiger partial charge >= 0.3 is 0 Å². The molecule has 38 heavy (non-hydrogen) atoms. The van der Waals surface area contributed by atoms with Crippen molar-refractivity contribution in [3.05, 3.63) is 70.8 Å². The third-order valence-electron chi connectivity index (χ3n) is 7.24. The molecular weight excluding hydrogens is 486 g/mol. The summed E-state index contributed by atoms with van der Waals surface area (Å²) in [7, 11) is 4.23. The van der Waals surface area contributed by atoms with Crippen molar-refractivity contribution in [2.24, 2.45) is 0 Å². The van der Waals surface area contributed by atoms with Crippen LogP contribution >= 0.6 is 0 Å². The van der Waals surface area contributed by atoms with Gasteiger partial charge in [0.05, 0.1) is 0 Å². The van der Waals surface area contributed by atoms with Gasteiger partial charge < -0.3 is 10.2 Å². The van der Waals surface area contributed by atoms with Crippen LogP contribution in [-0.2, 0) is 0 Å². The number of nitrogens with one attached hydrogen (secondary N) is 1. The topological polar surface area (TPSA) is 75.9 Å². The summed E-state index contributed by atoms with van der Waals surface area (Å²) >= 11 is 0. The van der Waals surface area contributed by atoms with E-state index in [0.717, 1.165) is 25.7 Å². The number of nitrogens with zero attached hydrogens (tertiary/aromatic N) is 5. The molecule has 0 saturated heterocycles. The summed E-state index contributed by atoms with van der Waals surface area (Å²) < 4.78 is 30.3. The van der Waals surface area contributed by atoms with E-state index in [2.05, 4.69) is 40.3 Å². The molecule has 0 unspecified atom stereocenters. The van der Waals surface area contributed by atoms with E-state index in [-0.39, 0.29) is 23.3 Å². The van der Waals surface area contributed by atoms with Gasteiger partial charge in [0.1, 0.15) is 23.0 Å². The number of rotatable bonds is 6. The van der Waals surface area contributed by atoms with E-state index in [0.29, 0.717) is 39.7 Å². The van der Waals surface area contributed by atoms with Crippen molar-refractivity contribution >= 4 is 17.0 Å². The Balaban J connectivity index is 1.49. The zero-order chi connectivity index (χ0) is 27.0. The summed E-state index contributed by atoms with van der Waals surface area (Å²) in [6.07, 6.45) is 7.41. The monoisotopic (exact) mass is 517 g/mol. The Morgan fingerprint density at radius 1 is 1.05 bits per heavy atom. The van der Waals surface area contributed by atoms with Crippen LogP contribution in [0.15, 0.2) is 47.5 Å². The molecule has 1 fully saturated rings. The van der Waals surface area contributed by atoms with Crippen molar-refractivity contribution in [3.8, 4) is 22.4 Å². The molecule has 1 aliphatic rings. The fourth-order valence-corrected chi connectivity index (χ4v) is 5.18. The number of pyridine rings is 2. The predicted octanol–water partition coefficient (Wildman–Crippen LogP) is 5.46. The fourth-order valence-electron chi connectivity index (χ4n) is 5.18. The zero-order valence-corrected chi connectivity index (χ0v) is 22.0. The van der Waals surface area contributed by atoms with Gasteiger partial charge in [-0.3, -0.25) is 14.3 Å². The van der Waals surface area contributed by atoms with Crippen LogP contribution in [0.2, 0.25) is 0 Å². The first-order valence-electron chi connectivity index (χ1n) is 12.9. The molecule has 1 aliphatic carbocycles. The zero-order valence-electron chi connectivity index (χ0n) is 22.0. The van der Waals surface area contributed by atoms with Crippen LogP contribution in [0.4, 0.5) is 14.7 Å². The number of hydrogen-bond donors (Lipinski definition) is 1. The Bertz CT molecular complexity index is 1530. The Hall–Kier alpha value is -3.72. The molecule has 3 aromatic heterocycles. The van der Waals surface area contributed by atoms with Crippen LogP contribution in [0.5, 0.6) is 0 Å². The van der Waals surface area contributed by atoms with Crippen LogP contribution in [-0.4, -0.2) is 50.6 Å². The molecule has 0 bridgehead atoms. The molecular formula is C29H31F2N6O. The van der Waals surface area contributed by atoms with E-state index >= 15 is 4.39 Å². The molecule has 0 spiro atoms. The summed E-state index contributed by atoms with van der Waals surface area (Å²) in [5.41, 5.74) is 1.16. The highest BCUT2D eigenvalue weighted by Gasteiger charge is 2.23. The number of hydrogen-bond acceptors (Lipinski definition) is 6. The standard InChI is InChI=1S/C29H31F2N6O/c1-17(2)37-27-20(16-33-29(35-27)34-22-8-10-23(11-9-22)36(3)4)13-24(28(37)38)19-14-25(31)26(32-15-19)18-6-5-7-21(30)12-18/h5-6,12-17,22-23H,8-11H2,1-4H3,(H,33,34,35)/t22-,23-. The maximum absolute atomic E-state index is 15.1. The summed E-state index contributed by atoms with van der Waals surface area (Å²) in [5, 5.41) is 4.12. The number of halogens is 2.